The van der Waals surface area contributed by atoms with Crippen LogP contribution in [0.5, 0.6) is 0 Å². The molecule has 1 atom stereocenters. The Morgan fingerprint density at radius 3 is 2.72 bits per heavy atom. The summed E-state index contributed by atoms with van der Waals surface area (Å²) < 4.78 is 0. The minimum atomic E-state index is -0.0956. The molecule has 1 fully saturated rings. The Labute approximate surface area is 108 Å². The average Bonchev–Trinajstić information content (AvgIpc) is 2.59. The van der Waals surface area contributed by atoms with Crippen LogP contribution < -0.4 is 5.32 Å². The molecule has 0 spiro atoms. The summed E-state index contributed by atoms with van der Waals surface area (Å²) in [7, 11) is 0. The van der Waals surface area contributed by atoms with E-state index in [4.69, 9.17) is 0 Å². The van der Waals surface area contributed by atoms with Crippen LogP contribution in [0.1, 0.15) is 32.9 Å². The maximum absolute atomic E-state index is 12.0. The molecule has 0 aliphatic carbocycles. The summed E-state index contributed by atoms with van der Waals surface area (Å²) in [5.74, 6) is 0.228. The number of nitrogens with one attached hydrogen (secondary N) is 1. The van der Waals surface area contributed by atoms with Gasteiger partial charge in [-0.05, 0) is 39.8 Å². The van der Waals surface area contributed by atoms with Gasteiger partial charge in [0.25, 0.3) is 0 Å². The summed E-state index contributed by atoms with van der Waals surface area (Å²) in [5, 5.41) is 3.41. The zero-order chi connectivity index (χ0) is 13.3. The number of hydrogen-bond acceptors (Lipinski definition) is 3. The summed E-state index contributed by atoms with van der Waals surface area (Å²) in [6, 6.07) is 4.14. The zero-order valence-electron chi connectivity index (χ0n) is 11.5. The second-order valence-corrected chi connectivity index (χ2v) is 5.91. The van der Waals surface area contributed by atoms with Gasteiger partial charge in [-0.1, -0.05) is 0 Å². The largest absolute Gasteiger partial charge is 0.380 e. The lowest BCUT2D eigenvalue weighted by Gasteiger charge is -2.32. The van der Waals surface area contributed by atoms with Crippen molar-refractivity contribution in [1.82, 2.24) is 9.88 Å². The van der Waals surface area contributed by atoms with Crippen LogP contribution in [0.3, 0.4) is 0 Å². The first-order chi connectivity index (χ1) is 8.36. The number of aryl methyl sites for hydroxylation is 1. The molecule has 2 rings (SSSR count). The van der Waals surface area contributed by atoms with Crippen molar-refractivity contribution in [1.29, 1.82) is 0 Å². The number of carbonyl (C=O) groups is 1. The number of nitrogens with zero attached hydrogens (tertiary/aromatic N) is 2. The van der Waals surface area contributed by atoms with Gasteiger partial charge in [0.15, 0.2) is 0 Å². The number of hydrogen-bond donors (Lipinski definition) is 1. The molecule has 1 aliphatic heterocycles. The van der Waals surface area contributed by atoms with E-state index in [0.717, 1.165) is 17.9 Å². The first-order valence-electron chi connectivity index (χ1n) is 6.36. The Morgan fingerprint density at radius 1 is 1.44 bits per heavy atom. The second-order valence-electron chi connectivity index (χ2n) is 5.91. The smallest absolute Gasteiger partial charge is 0.225 e. The molecule has 1 N–H and O–H groups in total. The fourth-order valence-electron chi connectivity index (χ4n) is 2.32. The van der Waals surface area contributed by atoms with Crippen LogP contribution in [0.2, 0.25) is 0 Å². The number of carbonyl (C=O) groups excluding carboxylic acids is 1. The molecule has 0 bridgehead atoms. The van der Waals surface area contributed by atoms with E-state index in [1.54, 1.807) is 6.20 Å². The van der Waals surface area contributed by atoms with Gasteiger partial charge in [0.1, 0.15) is 0 Å². The molecule has 1 aromatic heterocycles. The van der Waals surface area contributed by atoms with Crippen molar-refractivity contribution in [3.05, 3.63) is 24.0 Å². The SMILES string of the molecule is Cc1cc(NC2CC(=O)N(C(C)(C)C)C2)ccn1. The van der Waals surface area contributed by atoms with Gasteiger partial charge in [-0.2, -0.15) is 0 Å². The molecule has 1 unspecified atom stereocenters. The van der Waals surface area contributed by atoms with Crippen molar-refractivity contribution < 1.29 is 4.79 Å². The summed E-state index contributed by atoms with van der Waals surface area (Å²) in [6.07, 6.45) is 2.36. The van der Waals surface area contributed by atoms with E-state index >= 15 is 0 Å². The van der Waals surface area contributed by atoms with E-state index in [2.05, 4.69) is 31.1 Å². The van der Waals surface area contributed by atoms with Crippen LogP contribution in [-0.4, -0.2) is 33.9 Å². The lowest BCUT2D eigenvalue weighted by Crippen LogP contribution is -2.43. The van der Waals surface area contributed by atoms with Crippen molar-refractivity contribution in [3.8, 4) is 0 Å². The summed E-state index contributed by atoms with van der Waals surface area (Å²) in [6.45, 7) is 8.95. The van der Waals surface area contributed by atoms with Crippen LogP contribution in [0, 0.1) is 6.92 Å². The molecule has 1 amide bonds. The van der Waals surface area contributed by atoms with E-state index in [0.29, 0.717) is 6.42 Å². The molecule has 98 valence electrons. The molecule has 0 radical (unpaired) electrons. The maximum Gasteiger partial charge on any atom is 0.225 e. The minimum Gasteiger partial charge on any atom is -0.380 e. The highest BCUT2D eigenvalue weighted by Gasteiger charge is 2.36. The Hall–Kier alpha value is -1.58. The Kier molecular flexibility index (Phi) is 3.28. The quantitative estimate of drug-likeness (QED) is 0.871. The molecule has 4 nitrogen and oxygen atoms in total. The van der Waals surface area contributed by atoms with Gasteiger partial charge in [0.2, 0.25) is 5.91 Å². The molecular weight excluding hydrogens is 226 g/mol. The van der Waals surface area contributed by atoms with Crippen LogP contribution in [0.25, 0.3) is 0 Å². The van der Waals surface area contributed by atoms with Gasteiger partial charge in [-0.25, -0.2) is 0 Å². The van der Waals surface area contributed by atoms with Gasteiger partial charge < -0.3 is 10.2 Å². The van der Waals surface area contributed by atoms with Crippen LogP contribution in [0.15, 0.2) is 18.3 Å². The molecule has 1 aliphatic rings. The molecule has 4 heteroatoms. The lowest BCUT2D eigenvalue weighted by atomic mass is 10.1. The van der Waals surface area contributed by atoms with E-state index in [9.17, 15) is 4.79 Å². The highest BCUT2D eigenvalue weighted by atomic mass is 16.2. The van der Waals surface area contributed by atoms with Gasteiger partial charge in [0, 0.05) is 36.1 Å². The summed E-state index contributed by atoms with van der Waals surface area (Å²) in [5.41, 5.74) is 1.93. The second kappa shape index (κ2) is 4.59. The van der Waals surface area contributed by atoms with Crippen LogP contribution >= 0.6 is 0 Å². The molecule has 1 saturated heterocycles. The molecular formula is C14H21N3O. The molecule has 0 aromatic carbocycles. The van der Waals surface area contributed by atoms with Crippen molar-refractivity contribution in [2.24, 2.45) is 0 Å². The predicted octanol–water partition coefficient (Wildman–Crippen LogP) is 2.20. The Morgan fingerprint density at radius 2 is 2.17 bits per heavy atom. The third kappa shape index (κ3) is 2.81. The van der Waals surface area contributed by atoms with Gasteiger partial charge in [0.05, 0.1) is 6.04 Å². The number of likely N-dealkylation sites (tertiary alicyclic amines) is 1. The minimum absolute atomic E-state index is 0.0956. The highest BCUT2D eigenvalue weighted by molar-refractivity contribution is 5.80. The topological polar surface area (TPSA) is 45.2 Å². The summed E-state index contributed by atoms with van der Waals surface area (Å²) >= 11 is 0. The van der Waals surface area contributed by atoms with Gasteiger partial charge in [-0.3, -0.25) is 9.78 Å². The van der Waals surface area contributed by atoms with E-state index in [1.807, 2.05) is 24.0 Å². The summed E-state index contributed by atoms with van der Waals surface area (Å²) in [4.78, 5) is 18.1. The van der Waals surface area contributed by atoms with Crippen molar-refractivity contribution >= 4 is 11.6 Å². The fourth-order valence-corrected chi connectivity index (χ4v) is 2.32. The average molecular weight is 247 g/mol. The van der Waals surface area contributed by atoms with Crippen molar-refractivity contribution in [2.45, 2.75) is 45.7 Å². The Balaban J connectivity index is 2.03. The van der Waals surface area contributed by atoms with Crippen LogP contribution in [0.4, 0.5) is 5.69 Å². The van der Waals surface area contributed by atoms with E-state index in [1.165, 1.54) is 0 Å². The van der Waals surface area contributed by atoms with E-state index < -0.39 is 0 Å². The molecule has 18 heavy (non-hydrogen) atoms. The van der Waals surface area contributed by atoms with Crippen LogP contribution in [-0.2, 0) is 4.79 Å². The molecule has 2 heterocycles. The fraction of sp³-hybridized carbons (Fsp3) is 0.571. The maximum atomic E-state index is 12.0. The molecule has 0 saturated carbocycles. The zero-order valence-corrected chi connectivity index (χ0v) is 11.5. The standard InChI is InChI=1S/C14H21N3O/c1-10-7-11(5-6-15-10)16-12-8-13(18)17(9-12)14(2,3)4/h5-7,12H,8-9H2,1-4H3,(H,15,16). The van der Waals surface area contributed by atoms with Crippen molar-refractivity contribution in [2.75, 3.05) is 11.9 Å². The number of amides is 1. The van der Waals surface area contributed by atoms with Gasteiger partial charge >= 0.3 is 0 Å². The van der Waals surface area contributed by atoms with E-state index in [-0.39, 0.29) is 17.5 Å². The normalized spacial score (nSPS) is 20.3. The third-order valence-corrected chi connectivity index (χ3v) is 3.20. The Bertz CT molecular complexity index is 451. The third-order valence-electron chi connectivity index (χ3n) is 3.20. The monoisotopic (exact) mass is 247 g/mol. The first-order valence-corrected chi connectivity index (χ1v) is 6.36. The number of anilines is 1. The number of aromatic nitrogens is 1. The lowest BCUT2D eigenvalue weighted by molar-refractivity contribution is -0.131. The molecule has 1 aromatic rings. The van der Waals surface area contributed by atoms with Gasteiger partial charge in [-0.15, -0.1) is 0 Å². The first kappa shape index (κ1) is 12.9. The number of pyridine rings is 1. The highest BCUT2D eigenvalue weighted by Crippen LogP contribution is 2.24. The predicted molar refractivity (Wildman–Crippen MR) is 72.5 cm³/mol. The number of rotatable bonds is 2. The van der Waals surface area contributed by atoms with Crippen molar-refractivity contribution in [3.63, 3.8) is 0 Å².